The molecule has 24 heavy (non-hydrogen) atoms. The fraction of sp³-hybridized carbons (Fsp3) is 1.00. The second-order valence-electron chi connectivity index (χ2n) is 4.25. The summed E-state index contributed by atoms with van der Waals surface area (Å²) < 4.78 is 106. The predicted octanol–water partition coefficient (Wildman–Crippen LogP) is -3.74. The third-order valence-corrected chi connectivity index (χ3v) is 3.85. The minimum Gasteiger partial charge on any atom is -0.387 e. The molecule has 18 heteroatoms. The van der Waals surface area contributed by atoms with Gasteiger partial charge in [-0.2, -0.15) is 25.3 Å². The maximum Gasteiger partial charge on any atom is 0.397 e. The van der Waals surface area contributed by atoms with Crippen LogP contribution in [0.15, 0.2) is 0 Å². The van der Waals surface area contributed by atoms with Gasteiger partial charge in [0.15, 0.2) is 12.4 Å². The van der Waals surface area contributed by atoms with E-state index in [2.05, 4.69) is 17.3 Å². The van der Waals surface area contributed by atoms with Crippen molar-refractivity contribution < 1.29 is 66.4 Å². The number of ether oxygens (including phenoxy) is 1. The zero-order valence-corrected chi connectivity index (χ0v) is 13.6. The lowest BCUT2D eigenvalue weighted by molar-refractivity contribution is -0.275. The van der Waals surface area contributed by atoms with Crippen molar-refractivity contribution in [1.82, 2.24) is 0 Å². The van der Waals surface area contributed by atoms with E-state index in [0.29, 0.717) is 0 Å². The van der Waals surface area contributed by atoms with E-state index in [-0.39, 0.29) is 0 Å². The molecule has 0 spiro atoms. The summed E-state index contributed by atoms with van der Waals surface area (Å²) >= 11 is 0. The van der Waals surface area contributed by atoms with Gasteiger partial charge >= 0.3 is 31.2 Å². The van der Waals surface area contributed by atoms with Crippen LogP contribution in [0.25, 0.3) is 0 Å². The normalized spacial score (nSPS) is 32.6. The molecule has 1 aliphatic heterocycles. The molecular formula is C6H12O15S3. The maximum absolute atomic E-state index is 10.8. The molecule has 0 amide bonds. The Morgan fingerprint density at radius 3 is 1.67 bits per heavy atom. The zero-order valence-electron chi connectivity index (χ0n) is 11.1. The van der Waals surface area contributed by atoms with Crippen LogP contribution in [0.3, 0.4) is 0 Å². The summed E-state index contributed by atoms with van der Waals surface area (Å²) in [5.74, 6) is 0. The molecule has 0 bridgehead atoms. The van der Waals surface area contributed by atoms with Crippen molar-refractivity contribution in [3.63, 3.8) is 0 Å². The molecule has 1 saturated heterocycles. The molecule has 5 N–H and O–H groups in total. The van der Waals surface area contributed by atoms with Crippen LogP contribution in [0.2, 0.25) is 0 Å². The highest BCUT2D eigenvalue weighted by Crippen LogP contribution is 2.27. The van der Waals surface area contributed by atoms with Crippen molar-refractivity contribution in [3.05, 3.63) is 0 Å². The fourth-order valence-corrected chi connectivity index (χ4v) is 2.99. The standard InChI is InChI=1S/C6H12O15S3/c7-3-2(1-18-22(9,10)11)19-6(8)5(21-24(15,16)17)4(3)20-23(12,13)14/h2-8H,1H2,(H,9,10,11)(H,12,13,14)(H,15,16,17)/t2-,3+,4+,5-,6-/m1/s1. The maximum atomic E-state index is 10.8. The zero-order chi connectivity index (χ0) is 18.9. The first-order valence-electron chi connectivity index (χ1n) is 5.54. The Balaban J connectivity index is 3.08. The molecule has 0 aromatic heterocycles. The molecule has 15 nitrogen and oxygen atoms in total. The van der Waals surface area contributed by atoms with Gasteiger partial charge in [-0.25, -0.2) is 12.5 Å². The van der Waals surface area contributed by atoms with Crippen LogP contribution in [-0.4, -0.2) is 86.4 Å². The molecule has 0 saturated carbocycles. The van der Waals surface area contributed by atoms with E-state index in [1.54, 1.807) is 0 Å². The van der Waals surface area contributed by atoms with Crippen molar-refractivity contribution >= 4 is 31.2 Å². The Kier molecular flexibility index (Phi) is 6.63. The summed E-state index contributed by atoms with van der Waals surface area (Å²) in [7, 11) is -15.6. The van der Waals surface area contributed by atoms with Crippen LogP contribution in [0.5, 0.6) is 0 Å². The molecule has 0 aromatic rings. The van der Waals surface area contributed by atoms with Crippen LogP contribution >= 0.6 is 0 Å². The largest absolute Gasteiger partial charge is 0.397 e. The summed E-state index contributed by atoms with van der Waals surface area (Å²) in [6.45, 7) is -1.17. The predicted molar refractivity (Wildman–Crippen MR) is 67.2 cm³/mol. The Labute approximate surface area is 135 Å². The average Bonchev–Trinajstić information content (AvgIpc) is 2.32. The molecule has 0 aliphatic carbocycles. The van der Waals surface area contributed by atoms with Gasteiger partial charge in [0.25, 0.3) is 0 Å². The third kappa shape index (κ3) is 7.16. The molecule has 0 aromatic carbocycles. The number of hydrogen-bond donors (Lipinski definition) is 5. The van der Waals surface area contributed by atoms with Gasteiger partial charge in [0.1, 0.15) is 18.3 Å². The molecule has 0 radical (unpaired) electrons. The van der Waals surface area contributed by atoms with E-state index in [0.717, 1.165) is 0 Å². The number of hydrogen-bond acceptors (Lipinski definition) is 12. The van der Waals surface area contributed by atoms with Crippen molar-refractivity contribution in [3.8, 4) is 0 Å². The molecule has 144 valence electrons. The molecule has 1 aliphatic rings. The molecule has 5 atom stereocenters. The SMILES string of the molecule is O=S(=O)(O)OC[C@H]1O[C@@H](O)[C@H](OS(=O)(=O)O)[C@@H](OS(=O)(=O)O)[C@H]1O. The second kappa shape index (κ2) is 7.39. The summed E-state index contributed by atoms with van der Waals surface area (Å²) in [4.78, 5) is 0. The Morgan fingerprint density at radius 1 is 0.792 bits per heavy atom. The molecule has 1 rings (SSSR count). The molecular weight excluding hydrogens is 408 g/mol. The summed E-state index contributed by atoms with van der Waals surface area (Å²) in [6.07, 6.45) is -11.3. The van der Waals surface area contributed by atoms with Crippen LogP contribution in [-0.2, 0) is 48.5 Å². The van der Waals surface area contributed by atoms with Crippen molar-refractivity contribution in [1.29, 1.82) is 0 Å². The smallest absolute Gasteiger partial charge is 0.387 e. The van der Waals surface area contributed by atoms with Crippen molar-refractivity contribution in [2.24, 2.45) is 0 Å². The van der Waals surface area contributed by atoms with Crippen LogP contribution in [0, 0.1) is 0 Å². The number of aliphatic hydroxyl groups excluding tert-OH is 2. The first kappa shape index (κ1) is 21.5. The van der Waals surface area contributed by atoms with Gasteiger partial charge in [-0.3, -0.25) is 13.7 Å². The van der Waals surface area contributed by atoms with Gasteiger partial charge < -0.3 is 14.9 Å². The molecule has 1 heterocycles. The van der Waals surface area contributed by atoms with Crippen LogP contribution in [0.4, 0.5) is 0 Å². The van der Waals surface area contributed by atoms with Gasteiger partial charge in [0, 0.05) is 0 Å². The summed E-state index contributed by atoms with van der Waals surface area (Å²) in [5.41, 5.74) is 0. The van der Waals surface area contributed by atoms with Crippen molar-refractivity contribution in [2.75, 3.05) is 6.61 Å². The topological polar surface area (TPSA) is 240 Å². The van der Waals surface area contributed by atoms with E-state index in [1.165, 1.54) is 0 Å². The van der Waals surface area contributed by atoms with Gasteiger partial charge in [0.2, 0.25) is 0 Å². The minimum absolute atomic E-state index is 1.17. The summed E-state index contributed by atoms with van der Waals surface area (Å²) in [6, 6.07) is 0. The highest BCUT2D eigenvalue weighted by Gasteiger charge is 2.50. The summed E-state index contributed by atoms with van der Waals surface area (Å²) in [5, 5.41) is 19.4. The Hall–Kier alpha value is -0.510. The highest BCUT2D eigenvalue weighted by atomic mass is 32.3. The molecule has 0 unspecified atom stereocenters. The lowest BCUT2D eigenvalue weighted by Gasteiger charge is -2.40. The van der Waals surface area contributed by atoms with Crippen molar-refractivity contribution in [2.45, 2.75) is 30.7 Å². The van der Waals surface area contributed by atoms with E-state index in [1.807, 2.05) is 0 Å². The average molecular weight is 420 g/mol. The lowest BCUT2D eigenvalue weighted by atomic mass is 9.99. The Bertz CT molecular complexity index is 736. The second-order valence-corrected chi connectivity index (χ2v) is 7.43. The fourth-order valence-electron chi connectivity index (χ4n) is 1.69. The van der Waals surface area contributed by atoms with E-state index >= 15 is 0 Å². The highest BCUT2D eigenvalue weighted by molar-refractivity contribution is 7.81. The Morgan fingerprint density at radius 2 is 1.25 bits per heavy atom. The quantitative estimate of drug-likeness (QED) is 0.248. The first-order chi connectivity index (χ1) is 10.6. The number of rotatable bonds is 7. The van der Waals surface area contributed by atoms with Gasteiger partial charge in [-0.15, -0.1) is 0 Å². The lowest BCUT2D eigenvalue weighted by Crippen LogP contribution is -2.61. The first-order valence-corrected chi connectivity index (χ1v) is 9.63. The minimum atomic E-state index is -5.33. The van der Waals surface area contributed by atoms with Gasteiger partial charge in [0.05, 0.1) is 6.61 Å². The van der Waals surface area contributed by atoms with Gasteiger partial charge in [-0.05, 0) is 0 Å². The monoisotopic (exact) mass is 420 g/mol. The van der Waals surface area contributed by atoms with E-state index in [4.69, 9.17) is 13.7 Å². The molecule has 1 fully saturated rings. The van der Waals surface area contributed by atoms with E-state index in [9.17, 15) is 35.5 Å². The van der Waals surface area contributed by atoms with Gasteiger partial charge in [-0.1, -0.05) is 0 Å². The van der Waals surface area contributed by atoms with E-state index < -0.39 is 68.5 Å². The third-order valence-electron chi connectivity index (χ3n) is 2.48. The van der Waals surface area contributed by atoms with Crippen LogP contribution < -0.4 is 0 Å². The van der Waals surface area contributed by atoms with Crippen LogP contribution in [0.1, 0.15) is 0 Å². The number of aliphatic hydroxyl groups is 2.